The molecule has 0 aliphatic heterocycles. The first kappa shape index (κ1) is 13.0. The minimum Gasteiger partial charge on any atom is -0.480 e. The number of hydrogen-bond donors (Lipinski definition) is 2. The summed E-state index contributed by atoms with van der Waals surface area (Å²) in [5, 5.41) is 9.53. The van der Waals surface area contributed by atoms with Crippen molar-refractivity contribution in [3.8, 4) is 0 Å². The molecule has 0 aliphatic carbocycles. The predicted octanol–water partition coefficient (Wildman–Crippen LogP) is 2.03. The Bertz CT molecular complexity index is 624. The minimum atomic E-state index is -1.07. The molecule has 4 nitrogen and oxygen atoms in total. The van der Waals surface area contributed by atoms with E-state index in [-0.39, 0.29) is 12.2 Å². The molecule has 0 aliphatic rings. The lowest BCUT2D eigenvalue weighted by molar-refractivity contribution is -0.138. The molecule has 1 atom stereocenters. The minimum absolute atomic E-state index is 0.150. The Hall–Kier alpha value is -1.40. The van der Waals surface area contributed by atoms with E-state index in [1.807, 2.05) is 11.6 Å². The fourth-order valence-corrected chi connectivity index (χ4v) is 2.53. The van der Waals surface area contributed by atoms with Crippen LogP contribution in [0.4, 0.5) is 4.39 Å². The summed E-state index contributed by atoms with van der Waals surface area (Å²) in [6, 6.07) is 3.42. The highest BCUT2D eigenvalue weighted by molar-refractivity contribution is 9.10. The number of nitrogens with two attached hydrogens (primary N) is 1. The van der Waals surface area contributed by atoms with Crippen LogP contribution in [0.25, 0.3) is 10.9 Å². The Balaban J connectivity index is 2.58. The first-order valence-electron chi connectivity index (χ1n) is 5.32. The van der Waals surface area contributed by atoms with Crippen molar-refractivity contribution in [1.82, 2.24) is 4.57 Å². The van der Waals surface area contributed by atoms with Crippen LogP contribution in [0.15, 0.2) is 22.8 Å². The molecule has 0 saturated heterocycles. The molecule has 6 heteroatoms. The molecule has 0 radical (unpaired) electrons. The Morgan fingerprint density at radius 1 is 1.61 bits per heavy atom. The normalized spacial score (nSPS) is 12.9. The molecule has 18 heavy (non-hydrogen) atoms. The van der Waals surface area contributed by atoms with Crippen molar-refractivity contribution in [2.75, 3.05) is 0 Å². The number of hydrogen-bond acceptors (Lipinski definition) is 2. The fraction of sp³-hybridized carbons (Fsp3) is 0.250. The van der Waals surface area contributed by atoms with E-state index in [1.54, 1.807) is 6.07 Å². The average Bonchev–Trinajstić information content (AvgIpc) is 2.54. The molecular weight excluding hydrogens is 303 g/mol. The van der Waals surface area contributed by atoms with E-state index in [0.717, 1.165) is 10.1 Å². The zero-order valence-electron chi connectivity index (χ0n) is 9.65. The molecule has 0 saturated carbocycles. The van der Waals surface area contributed by atoms with Gasteiger partial charge in [0.15, 0.2) is 0 Å². The van der Waals surface area contributed by atoms with E-state index in [0.29, 0.717) is 10.9 Å². The van der Waals surface area contributed by atoms with Gasteiger partial charge >= 0.3 is 5.97 Å². The molecule has 0 fully saturated rings. The lowest BCUT2D eigenvalue weighted by Crippen LogP contribution is -2.32. The third-order valence-electron chi connectivity index (χ3n) is 2.93. The highest BCUT2D eigenvalue weighted by Gasteiger charge is 2.19. The van der Waals surface area contributed by atoms with Gasteiger partial charge in [-0.2, -0.15) is 0 Å². The molecule has 1 aromatic carbocycles. The van der Waals surface area contributed by atoms with Crippen LogP contribution in [0.3, 0.4) is 0 Å². The van der Waals surface area contributed by atoms with Gasteiger partial charge < -0.3 is 15.4 Å². The van der Waals surface area contributed by atoms with Crippen LogP contribution in [-0.2, 0) is 18.3 Å². The van der Waals surface area contributed by atoms with Gasteiger partial charge in [-0.25, -0.2) is 4.39 Å². The number of fused-ring (bicyclic) bond motifs is 1. The van der Waals surface area contributed by atoms with E-state index in [1.165, 1.54) is 12.1 Å². The van der Waals surface area contributed by atoms with Crippen molar-refractivity contribution in [3.05, 3.63) is 34.2 Å². The summed E-state index contributed by atoms with van der Waals surface area (Å²) in [5.41, 5.74) is 7.07. The van der Waals surface area contributed by atoms with Crippen molar-refractivity contribution in [3.63, 3.8) is 0 Å². The zero-order valence-corrected chi connectivity index (χ0v) is 11.2. The van der Waals surface area contributed by atoms with Crippen molar-refractivity contribution < 1.29 is 14.3 Å². The quantitative estimate of drug-likeness (QED) is 0.911. The van der Waals surface area contributed by atoms with Gasteiger partial charge in [0.1, 0.15) is 11.9 Å². The number of aryl methyl sites for hydroxylation is 1. The summed E-state index contributed by atoms with van der Waals surface area (Å²) in [6.07, 6.45) is 0.150. The average molecular weight is 315 g/mol. The number of carboxylic acids is 1. The third kappa shape index (κ3) is 2.13. The van der Waals surface area contributed by atoms with Gasteiger partial charge in [0, 0.05) is 24.4 Å². The van der Waals surface area contributed by atoms with Crippen molar-refractivity contribution >= 4 is 32.8 Å². The van der Waals surface area contributed by atoms with E-state index in [2.05, 4.69) is 15.9 Å². The van der Waals surface area contributed by atoms with Crippen LogP contribution < -0.4 is 5.73 Å². The molecular formula is C12H12BrFN2O2. The van der Waals surface area contributed by atoms with E-state index in [9.17, 15) is 9.18 Å². The molecule has 0 spiro atoms. The smallest absolute Gasteiger partial charge is 0.320 e. The SMILES string of the molecule is Cn1c(Br)c(CC(N)C(=O)O)c2cc(F)ccc21. The molecule has 2 aromatic rings. The molecule has 1 heterocycles. The Morgan fingerprint density at radius 3 is 2.89 bits per heavy atom. The number of rotatable bonds is 3. The van der Waals surface area contributed by atoms with Gasteiger partial charge in [0.25, 0.3) is 0 Å². The van der Waals surface area contributed by atoms with Crippen LogP contribution in [0.5, 0.6) is 0 Å². The number of aliphatic carboxylic acids is 1. The topological polar surface area (TPSA) is 68.2 Å². The Morgan fingerprint density at radius 2 is 2.28 bits per heavy atom. The van der Waals surface area contributed by atoms with Crippen molar-refractivity contribution in [2.24, 2.45) is 12.8 Å². The summed E-state index contributed by atoms with van der Waals surface area (Å²) in [6.45, 7) is 0. The predicted molar refractivity (Wildman–Crippen MR) is 69.9 cm³/mol. The van der Waals surface area contributed by atoms with Gasteiger partial charge in [-0.1, -0.05) is 0 Å². The maximum Gasteiger partial charge on any atom is 0.320 e. The highest BCUT2D eigenvalue weighted by Crippen LogP contribution is 2.30. The summed E-state index contributed by atoms with van der Waals surface area (Å²) in [7, 11) is 1.82. The summed E-state index contributed by atoms with van der Waals surface area (Å²) in [4.78, 5) is 10.8. The number of halogens is 2. The second kappa shape index (κ2) is 4.70. The Labute approximate surface area is 111 Å². The van der Waals surface area contributed by atoms with Gasteiger partial charge in [-0.05, 0) is 39.7 Å². The van der Waals surface area contributed by atoms with Crippen LogP contribution in [0.1, 0.15) is 5.56 Å². The monoisotopic (exact) mass is 314 g/mol. The molecule has 2 rings (SSSR count). The number of carbonyl (C=O) groups is 1. The zero-order chi connectivity index (χ0) is 13.4. The standard InChI is InChI=1S/C12H12BrFN2O2/c1-16-10-3-2-6(14)4-7(10)8(11(16)13)5-9(15)12(17)18/h2-4,9H,5,15H2,1H3,(H,17,18). The van der Waals surface area contributed by atoms with Crippen molar-refractivity contribution in [2.45, 2.75) is 12.5 Å². The van der Waals surface area contributed by atoms with Gasteiger partial charge in [-0.3, -0.25) is 4.79 Å². The maximum atomic E-state index is 13.3. The van der Waals surface area contributed by atoms with Crippen molar-refractivity contribution in [1.29, 1.82) is 0 Å². The largest absolute Gasteiger partial charge is 0.480 e. The van der Waals surface area contributed by atoms with E-state index < -0.39 is 12.0 Å². The van der Waals surface area contributed by atoms with E-state index in [4.69, 9.17) is 10.8 Å². The van der Waals surface area contributed by atoms with Gasteiger partial charge in [0.05, 0.1) is 4.60 Å². The second-order valence-corrected chi connectivity index (χ2v) is 4.89. The molecule has 0 bridgehead atoms. The number of benzene rings is 1. The third-order valence-corrected chi connectivity index (χ3v) is 3.94. The number of nitrogens with zero attached hydrogens (tertiary/aromatic N) is 1. The highest BCUT2D eigenvalue weighted by atomic mass is 79.9. The summed E-state index contributed by atoms with van der Waals surface area (Å²) >= 11 is 3.39. The van der Waals surface area contributed by atoms with Crippen LogP contribution in [-0.4, -0.2) is 21.7 Å². The van der Waals surface area contributed by atoms with Gasteiger partial charge in [0.2, 0.25) is 0 Å². The summed E-state index contributed by atoms with van der Waals surface area (Å²) < 4.78 is 15.8. The first-order valence-corrected chi connectivity index (χ1v) is 6.11. The number of aromatic nitrogens is 1. The van der Waals surface area contributed by atoms with Crippen LogP contribution >= 0.6 is 15.9 Å². The van der Waals surface area contributed by atoms with Crippen LogP contribution in [0.2, 0.25) is 0 Å². The molecule has 96 valence electrons. The number of carboxylic acid groups (broad SMARTS) is 1. The maximum absolute atomic E-state index is 13.3. The van der Waals surface area contributed by atoms with E-state index >= 15 is 0 Å². The lowest BCUT2D eigenvalue weighted by atomic mass is 10.1. The second-order valence-electron chi connectivity index (χ2n) is 4.14. The first-order chi connectivity index (χ1) is 8.41. The molecule has 1 unspecified atom stereocenters. The molecule has 0 amide bonds. The summed E-state index contributed by atoms with van der Waals surface area (Å²) in [5.74, 6) is -1.43. The van der Waals surface area contributed by atoms with Gasteiger partial charge in [-0.15, -0.1) is 0 Å². The molecule has 1 aromatic heterocycles. The lowest BCUT2D eigenvalue weighted by Gasteiger charge is -2.06. The molecule has 3 N–H and O–H groups in total. The van der Waals surface area contributed by atoms with Crippen LogP contribution in [0, 0.1) is 5.82 Å². The Kier molecular flexibility index (Phi) is 3.41. The fourth-order valence-electron chi connectivity index (χ4n) is 1.96.